The molecule has 2 nitrogen and oxygen atoms in total. The summed E-state index contributed by atoms with van der Waals surface area (Å²) in [5.74, 6) is 0.272. The van der Waals surface area contributed by atoms with Gasteiger partial charge in [-0.2, -0.15) is 0 Å². The zero-order valence-corrected chi connectivity index (χ0v) is 7.17. The van der Waals surface area contributed by atoms with Gasteiger partial charge in [-0.3, -0.25) is 9.59 Å². The van der Waals surface area contributed by atoms with Crippen LogP contribution in [0.25, 0.3) is 0 Å². The topological polar surface area (TPSA) is 34.1 Å². The predicted molar refractivity (Wildman–Crippen MR) is 46.8 cm³/mol. The van der Waals surface area contributed by atoms with E-state index in [9.17, 15) is 9.59 Å². The Kier molecular flexibility index (Phi) is 2.97. The van der Waals surface area contributed by atoms with Gasteiger partial charge in [0, 0.05) is 12.8 Å². The van der Waals surface area contributed by atoms with Crippen LogP contribution in [0.3, 0.4) is 0 Å². The highest BCUT2D eigenvalue weighted by atomic mass is 16.1. The summed E-state index contributed by atoms with van der Waals surface area (Å²) in [5, 5.41) is 0. The molecule has 0 unspecified atom stereocenters. The number of allylic oxidation sites excluding steroid dienone is 4. The third-order valence-electron chi connectivity index (χ3n) is 1.84. The summed E-state index contributed by atoms with van der Waals surface area (Å²) in [4.78, 5) is 21.6. The minimum absolute atomic E-state index is 0.107. The summed E-state index contributed by atoms with van der Waals surface area (Å²) >= 11 is 0. The first-order chi connectivity index (χ1) is 5.72. The first-order valence-corrected chi connectivity index (χ1v) is 4.16. The van der Waals surface area contributed by atoms with Gasteiger partial charge in [-0.25, -0.2) is 0 Å². The maximum Gasteiger partial charge on any atom is 0.156 e. The van der Waals surface area contributed by atoms with Crippen LogP contribution in [0.15, 0.2) is 23.8 Å². The van der Waals surface area contributed by atoms with Crippen molar-refractivity contribution in [3.8, 4) is 0 Å². The SMILES string of the molecule is CCC(=O)/C=C/C1=CC(=O)CC1. The maximum atomic E-state index is 10.9. The number of carbonyl (C=O) groups excluding carboxylic acids is 2. The lowest BCUT2D eigenvalue weighted by Crippen LogP contribution is -1.87. The van der Waals surface area contributed by atoms with Crippen molar-refractivity contribution in [1.29, 1.82) is 0 Å². The summed E-state index contributed by atoms with van der Waals surface area (Å²) in [6, 6.07) is 0. The molecule has 1 aliphatic carbocycles. The van der Waals surface area contributed by atoms with E-state index in [0.717, 1.165) is 12.0 Å². The van der Waals surface area contributed by atoms with Gasteiger partial charge in [0.2, 0.25) is 0 Å². The molecule has 0 fully saturated rings. The Morgan fingerprint density at radius 3 is 2.83 bits per heavy atom. The van der Waals surface area contributed by atoms with Gasteiger partial charge in [0.05, 0.1) is 0 Å². The van der Waals surface area contributed by atoms with Crippen LogP contribution in [0.2, 0.25) is 0 Å². The van der Waals surface area contributed by atoms with Crippen molar-refractivity contribution in [3.63, 3.8) is 0 Å². The van der Waals surface area contributed by atoms with Crippen LogP contribution in [0.5, 0.6) is 0 Å². The highest BCUT2D eigenvalue weighted by Gasteiger charge is 2.08. The zero-order chi connectivity index (χ0) is 8.97. The average molecular weight is 164 g/mol. The van der Waals surface area contributed by atoms with E-state index in [1.165, 1.54) is 0 Å². The van der Waals surface area contributed by atoms with Crippen LogP contribution in [-0.4, -0.2) is 11.6 Å². The van der Waals surface area contributed by atoms with Gasteiger partial charge in [-0.15, -0.1) is 0 Å². The third kappa shape index (κ3) is 2.46. The minimum atomic E-state index is 0.107. The van der Waals surface area contributed by atoms with Crippen LogP contribution >= 0.6 is 0 Å². The van der Waals surface area contributed by atoms with E-state index in [0.29, 0.717) is 12.8 Å². The van der Waals surface area contributed by atoms with Gasteiger partial charge in [0.1, 0.15) is 0 Å². The van der Waals surface area contributed by atoms with Crippen molar-refractivity contribution in [2.45, 2.75) is 26.2 Å². The van der Waals surface area contributed by atoms with Crippen molar-refractivity contribution in [3.05, 3.63) is 23.8 Å². The molecule has 0 amide bonds. The maximum absolute atomic E-state index is 10.9. The van der Waals surface area contributed by atoms with Crippen molar-refractivity contribution >= 4 is 11.6 Å². The summed E-state index contributed by atoms with van der Waals surface area (Å²) in [5.41, 5.74) is 0.974. The van der Waals surface area contributed by atoms with Crippen LogP contribution in [0.1, 0.15) is 26.2 Å². The molecule has 0 aromatic heterocycles. The Morgan fingerprint density at radius 2 is 2.33 bits per heavy atom. The molecule has 0 N–H and O–H groups in total. The van der Waals surface area contributed by atoms with Crippen LogP contribution in [-0.2, 0) is 9.59 Å². The number of ketones is 2. The Morgan fingerprint density at radius 1 is 1.58 bits per heavy atom. The van der Waals surface area contributed by atoms with E-state index in [1.54, 1.807) is 18.2 Å². The Balaban J connectivity index is 2.52. The fraction of sp³-hybridized carbons (Fsp3) is 0.400. The number of hydrogen-bond donors (Lipinski definition) is 0. The van der Waals surface area contributed by atoms with Crippen molar-refractivity contribution in [2.75, 3.05) is 0 Å². The summed E-state index contributed by atoms with van der Waals surface area (Å²) in [6.45, 7) is 1.82. The molecule has 0 aromatic carbocycles. The van der Waals surface area contributed by atoms with Gasteiger partial charge < -0.3 is 0 Å². The summed E-state index contributed by atoms with van der Waals surface area (Å²) < 4.78 is 0. The van der Waals surface area contributed by atoms with E-state index >= 15 is 0 Å². The monoisotopic (exact) mass is 164 g/mol. The molecule has 64 valence electrons. The molecule has 1 aliphatic rings. The Labute approximate surface area is 72.0 Å². The van der Waals surface area contributed by atoms with Crippen molar-refractivity contribution in [2.24, 2.45) is 0 Å². The molecular formula is C10H12O2. The predicted octanol–water partition coefficient (Wildman–Crippen LogP) is 1.81. The quantitative estimate of drug-likeness (QED) is 0.596. The highest BCUT2D eigenvalue weighted by Crippen LogP contribution is 2.15. The Hall–Kier alpha value is -1.18. The zero-order valence-electron chi connectivity index (χ0n) is 7.17. The number of carbonyl (C=O) groups is 2. The first-order valence-electron chi connectivity index (χ1n) is 4.16. The van der Waals surface area contributed by atoms with E-state index in [2.05, 4.69) is 0 Å². The molecule has 0 saturated carbocycles. The first kappa shape index (κ1) is 8.91. The number of hydrogen-bond acceptors (Lipinski definition) is 2. The van der Waals surface area contributed by atoms with Crippen molar-refractivity contribution in [1.82, 2.24) is 0 Å². The minimum Gasteiger partial charge on any atom is -0.295 e. The molecule has 0 heterocycles. The molecule has 1 rings (SSSR count). The lowest BCUT2D eigenvalue weighted by molar-refractivity contribution is -0.115. The van der Waals surface area contributed by atoms with Crippen LogP contribution in [0.4, 0.5) is 0 Å². The number of rotatable bonds is 3. The molecular weight excluding hydrogens is 152 g/mol. The molecule has 12 heavy (non-hydrogen) atoms. The molecule has 0 bridgehead atoms. The van der Waals surface area contributed by atoms with Gasteiger partial charge in [-0.05, 0) is 24.1 Å². The molecule has 2 heteroatoms. The highest BCUT2D eigenvalue weighted by molar-refractivity contribution is 5.94. The standard InChI is InChI=1S/C10H12O2/c1-2-9(11)5-3-8-4-6-10(12)7-8/h3,5,7H,2,4,6H2,1H3/b5-3+. The van der Waals surface area contributed by atoms with Crippen molar-refractivity contribution < 1.29 is 9.59 Å². The lowest BCUT2D eigenvalue weighted by atomic mass is 10.2. The average Bonchev–Trinajstić information content (AvgIpc) is 2.47. The Bertz CT molecular complexity index is 259. The molecule has 0 aromatic rings. The molecule has 0 spiro atoms. The second-order valence-corrected chi connectivity index (χ2v) is 2.84. The second-order valence-electron chi connectivity index (χ2n) is 2.84. The summed E-state index contributed by atoms with van der Waals surface area (Å²) in [7, 11) is 0. The lowest BCUT2D eigenvalue weighted by Gasteiger charge is -1.88. The summed E-state index contributed by atoms with van der Waals surface area (Å²) in [6.07, 6.45) is 6.81. The molecule has 0 saturated heterocycles. The van der Waals surface area contributed by atoms with Gasteiger partial charge in [0.15, 0.2) is 11.6 Å². The second kappa shape index (κ2) is 4.00. The van der Waals surface area contributed by atoms with E-state index in [1.807, 2.05) is 6.92 Å². The molecule has 0 aliphatic heterocycles. The third-order valence-corrected chi connectivity index (χ3v) is 1.84. The largest absolute Gasteiger partial charge is 0.295 e. The van der Waals surface area contributed by atoms with E-state index < -0.39 is 0 Å². The van der Waals surface area contributed by atoms with Gasteiger partial charge in [0.25, 0.3) is 0 Å². The van der Waals surface area contributed by atoms with Gasteiger partial charge >= 0.3 is 0 Å². The molecule has 0 radical (unpaired) electrons. The van der Waals surface area contributed by atoms with Crippen LogP contribution in [0, 0.1) is 0 Å². The van der Waals surface area contributed by atoms with E-state index in [4.69, 9.17) is 0 Å². The van der Waals surface area contributed by atoms with E-state index in [-0.39, 0.29) is 11.6 Å². The smallest absolute Gasteiger partial charge is 0.156 e. The van der Waals surface area contributed by atoms with Crippen LogP contribution < -0.4 is 0 Å². The molecule has 0 atom stereocenters. The normalized spacial score (nSPS) is 17.1. The van der Waals surface area contributed by atoms with Gasteiger partial charge in [-0.1, -0.05) is 13.0 Å². The fourth-order valence-corrected chi connectivity index (χ4v) is 1.07. The fourth-order valence-electron chi connectivity index (χ4n) is 1.07.